The van der Waals surface area contributed by atoms with E-state index in [0.717, 1.165) is 22.4 Å². The Bertz CT molecular complexity index is 1430. The topological polar surface area (TPSA) is 93.0 Å². The first-order valence-electron chi connectivity index (χ1n) is 12.5. The van der Waals surface area contributed by atoms with Gasteiger partial charge in [-0.25, -0.2) is 8.42 Å². The highest BCUT2D eigenvalue weighted by atomic mass is 32.2. The number of anilines is 1. The van der Waals surface area contributed by atoms with E-state index in [-0.39, 0.29) is 35.6 Å². The lowest BCUT2D eigenvalue weighted by Gasteiger charge is -2.36. The lowest BCUT2D eigenvalue weighted by Crippen LogP contribution is -2.46. The van der Waals surface area contributed by atoms with Gasteiger partial charge in [0, 0.05) is 19.0 Å². The molecule has 0 saturated carbocycles. The minimum Gasteiger partial charge on any atom is -0.490 e. The average Bonchev–Trinajstić information content (AvgIpc) is 3.28. The van der Waals surface area contributed by atoms with Crippen molar-refractivity contribution >= 4 is 33.8 Å². The Morgan fingerprint density at radius 1 is 0.973 bits per heavy atom. The Balaban J connectivity index is 1.30. The van der Waals surface area contributed by atoms with Crippen molar-refractivity contribution in [3.8, 4) is 5.75 Å². The Morgan fingerprint density at radius 3 is 2.41 bits per heavy atom. The average molecular weight is 522 g/mol. The van der Waals surface area contributed by atoms with Crippen LogP contribution in [0.5, 0.6) is 5.75 Å². The van der Waals surface area contributed by atoms with Crippen molar-refractivity contribution in [2.45, 2.75) is 38.5 Å². The molecule has 8 nitrogen and oxygen atoms in total. The zero-order valence-corrected chi connectivity index (χ0v) is 22.1. The third-order valence-electron chi connectivity index (χ3n) is 6.98. The molecule has 0 unspecified atom stereocenters. The van der Waals surface area contributed by atoms with Gasteiger partial charge in [0.1, 0.15) is 18.1 Å². The molecule has 5 rings (SSSR count). The smallest absolute Gasteiger partial charge is 0.248 e. The van der Waals surface area contributed by atoms with Crippen molar-refractivity contribution in [1.29, 1.82) is 0 Å². The molecule has 37 heavy (non-hydrogen) atoms. The van der Waals surface area contributed by atoms with Crippen LogP contribution in [0.3, 0.4) is 0 Å². The van der Waals surface area contributed by atoms with E-state index < -0.39 is 10.0 Å². The maximum Gasteiger partial charge on any atom is 0.248 e. The van der Waals surface area contributed by atoms with Gasteiger partial charge >= 0.3 is 0 Å². The second kappa shape index (κ2) is 10.1. The van der Waals surface area contributed by atoms with Gasteiger partial charge in [-0.15, -0.1) is 0 Å². The molecule has 1 saturated heterocycles. The Hall–Kier alpha value is -3.43. The number of benzene rings is 2. The van der Waals surface area contributed by atoms with E-state index in [4.69, 9.17) is 9.26 Å². The number of fused-ring (bicyclic) bond motifs is 1. The monoisotopic (exact) mass is 521 g/mol. The molecule has 1 amide bonds. The minimum atomic E-state index is -3.84. The third-order valence-corrected chi connectivity index (χ3v) is 9.04. The summed E-state index contributed by atoms with van der Waals surface area (Å²) in [5, 5.41) is 3.93. The van der Waals surface area contributed by atoms with Gasteiger partial charge in [0.15, 0.2) is 10.7 Å². The van der Waals surface area contributed by atoms with Crippen LogP contribution in [-0.2, 0) is 14.8 Å². The van der Waals surface area contributed by atoms with E-state index in [1.165, 1.54) is 4.31 Å². The fraction of sp³-hybridized carbons (Fsp3) is 0.357. The van der Waals surface area contributed by atoms with E-state index in [1.54, 1.807) is 17.9 Å². The van der Waals surface area contributed by atoms with Gasteiger partial charge in [-0.2, -0.15) is 4.31 Å². The lowest BCUT2D eigenvalue weighted by atomic mass is 9.96. The Kier molecular flexibility index (Phi) is 6.92. The minimum absolute atomic E-state index is 0.0232. The van der Waals surface area contributed by atoms with E-state index >= 15 is 0 Å². The number of carbonyl (C=O) groups is 1. The highest BCUT2D eigenvalue weighted by Crippen LogP contribution is 2.35. The molecule has 0 spiro atoms. The first-order chi connectivity index (χ1) is 17.7. The number of aryl methyl sites for hydroxylation is 3. The number of nitrogens with zero attached hydrogens (tertiary/aromatic N) is 3. The first kappa shape index (κ1) is 25.2. The van der Waals surface area contributed by atoms with Crippen LogP contribution in [0, 0.1) is 26.7 Å². The van der Waals surface area contributed by atoms with Crippen molar-refractivity contribution < 1.29 is 22.5 Å². The summed E-state index contributed by atoms with van der Waals surface area (Å²) in [7, 11) is -3.84. The molecule has 2 aliphatic rings. The zero-order valence-electron chi connectivity index (χ0n) is 21.3. The third kappa shape index (κ3) is 5.06. The number of piperidine rings is 1. The van der Waals surface area contributed by atoms with Crippen LogP contribution in [0.4, 0.5) is 5.69 Å². The van der Waals surface area contributed by atoms with Gasteiger partial charge in [0.2, 0.25) is 15.9 Å². The number of sulfonamides is 1. The molecular formula is C28H31N3O5S. The number of ether oxygens (including phenoxy) is 1. The number of hydrogen-bond donors (Lipinski definition) is 0. The fourth-order valence-corrected chi connectivity index (χ4v) is 6.62. The van der Waals surface area contributed by atoms with E-state index in [9.17, 15) is 13.2 Å². The van der Waals surface area contributed by atoms with Crippen molar-refractivity contribution in [2.75, 3.05) is 31.1 Å². The predicted molar refractivity (Wildman–Crippen MR) is 142 cm³/mol. The van der Waals surface area contributed by atoms with Crippen molar-refractivity contribution in [1.82, 2.24) is 9.46 Å². The van der Waals surface area contributed by atoms with Gasteiger partial charge in [-0.3, -0.25) is 4.79 Å². The molecule has 3 heterocycles. The molecule has 1 aromatic heterocycles. The maximum absolute atomic E-state index is 13.6. The van der Waals surface area contributed by atoms with E-state index in [0.29, 0.717) is 37.4 Å². The summed E-state index contributed by atoms with van der Waals surface area (Å²) in [6.07, 6.45) is 4.36. The lowest BCUT2D eigenvalue weighted by molar-refractivity contribution is -0.123. The van der Waals surface area contributed by atoms with Gasteiger partial charge < -0.3 is 14.2 Å². The summed E-state index contributed by atoms with van der Waals surface area (Å²) in [6, 6.07) is 13.7. The molecule has 0 aliphatic carbocycles. The van der Waals surface area contributed by atoms with Gasteiger partial charge in [-0.05, 0) is 62.9 Å². The van der Waals surface area contributed by atoms with Crippen LogP contribution in [-0.4, -0.2) is 50.0 Å². The highest BCUT2D eigenvalue weighted by molar-refractivity contribution is 7.89. The van der Waals surface area contributed by atoms with Crippen LogP contribution in [0.2, 0.25) is 0 Å². The molecule has 0 N–H and O–H groups in total. The fourth-order valence-electron chi connectivity index (χ4n) is 4.90. The number of amides is 1. The number of rotatable bonds is 5. The van der Waals surface area contributed by atoms with Gasteiger partial charge in [-0.1, -0.05) is 47.1 Å². The van der Waals surface area contributed by atoms with E-state index in [1.807, 2.05) is 62.4 Å². The number of hydrogen-bond acceptors (Lipinski definition) is 6. The summed E-state index contributed by atoms with van der Waals surface area (Å²) < 4.78 is 39.8. The van der Waals surface area contributed by atoms with Crippen LogP contribution < -0.4 is 9.64 Å². The normalized spacial score (nSPS) is 17.1. The molecule has 0 bridgehead atoms. The summed E-state index contributed by atoms with van der Waals surface area (Å²) in [4.78, 5) is 15.3. The molecule has 2 aliphatic heterocycles. The second-order valence-electron chi connectivity index (χ2n) is 9.69. The molecule has 0 atom stereocenters. The van der Waals surface area contributed by atoms with Crippen LogP contribution >= 0.6 is 0 Å². The molecule has 194 valence electrons. The number of carbonyl (C=O) groups excluding carboxylic acids is 1. The summed E-state index contributed by atoms with van der Waals surface area (Å²) >= 11 is 0. The van der Waals surface area contributed by atoms with Crippen LogP contribution in [0.1, 0.15) is 41.0 Å². The molecule has 9 heteroatoms. The zero-order chi connectivity index (χ0) is 26.2. The SMILES string of the molecule is Cc1ccc(C=Cc2onc(C)c2S(=O)(=O)N2CCC(C(=O)N3CCOc4ccc(C)cc43)CC2)cc1. The van der Waals surface area contributed by atoms with Gasteiger partial charge in [0.05, 0.1) is 12.2 Å². The quantitative estimate of drug-likeness (QED) is 0.487. The van der Waals surface area contributed by atoms with Crippen molar-refractivity contribution in [3.63, 3.8) is 0 Å². The summed E-state index contributed by atoms with van der Waals surface area (Å²) in [5.74, 6) is 0.688. The van der Waals surface area contributed by atoms with Crippen LogP contribution in [0.15, 0.2) is 51.9 Å². The molecule has 0 radical (unpaired) electrons. The number of aromatic nitrogens is 1. The van der Waals surface area contributed by atoms with Crippen LogP contribution in [0.25, 0.3) is 12.2 Å². The second-order valence-corrected chi connectivity index (χ2v) is 11.6. The maximum atomic E-state index is 13.6. The summed E-state index contributed by atoms with van der Waals surface area (Å²) in [6.45, 7) is 7.08. The molecule has 2 aromatic carbocycles. The summed E-state index contributed by atoms with van der Waals surface area (Å²) in [5.41, 5.74) is 4.24. The van der Waals surface area contributed by atoms with E-state index in [2.05, 4.69) is 5.16 Å². The van der Waals surface area contributed by atoms with Crippen molar-refractivity contribution in [3.05, 3.63) is 70.6 Å². The van der Waals surface area contributed by atoms with Gasteiger partial charge in [0.25, 0.3) is 0 Å². The molecule has 3 aromatic rings. The van der Waals surface area contributed by atoms with Crippen molar-refractivity contribution in [2.24, 2.45) is 5.92 Å². The standard InChI is InChI=1S/C28H31N3O5S/c1-19-4-7-22(8-5-19)9-11-26-27(21(3)29-36-26)37(33,34)30-14-12-23(13-15-30)28(32)31-16-17-35-25-10-6-20(2)18-24(25)31/h4-11,18,23H,12-17H2,1-3H3. The molecule has 1 fully saturated rings. The predicted octanol–water partition coefficient (Wildman–Crippen LogP) is 4.60. The Morgan fingerprint density at radius 2 is 1.68 bits per heavy atom. The first-order valence-corrected chi connectivity index (χ1v) is 13.9. The highest BCUT2D eigenvalue weighted by Gasteiger charge is 2.38. The molecular weight excluding hydrogens is 490 g/mol. The largest absolute Gasteiger partial charge is 0.490 e. The Labute approximate surface area is 217 Å².